The van der Waals surface area contributed by atoms with Crippen molar-refractivity contribution in [3.8, 4) is 124 Å². The van der Waals surface area contributed by atoms with Crippen LogP contribution in [0.1, 0.15) is 0 Å². The summed E-state index contributed by atoms with van der Waals surface area (Å²) in [4.78, 5) is 17.0. The van der Waals surface area contributed by atoms with Crippen LogP contribution in [-0.2, 0) is 0 Å². The van der Waals surface area contributed by atoms with Gasteiger partial charge in [0, 0.05) is 82.5 Å². The molecule has 0 radical (unpaired) electrons. The molecule has 0 fully saturated rings. The second kappa shape index (κ2) is 26.4. The van der Waals surface area contributed by atoms with E-state index in [0.29, 0.717) is 17.5 Å². The summed E-state index contributed by atoms with van der Waals surface area (Å²) in [6, 6.07) is 147. The van der Waals surface area contributed by atoms with Gasteiger partial charge in [0.25, 0.3) is 0 Å². The summed E-state index contributed by atoms with van der Waals surface area (Å²) in [7, 11) is 0. The molecule has 0 aliphatic rings. The molecule has 0 bridgehead atoms. The van der Waals surface area contributed by atoms with Gasteiger partial charge in [-0.3, -0.25) is 0 Å². The molecular formula is C105H67N7. The van der Waals surface area contributed by atoms with E-state index >= 15 is 0 Å². The maximum Gasteiger partial charge on any atom is 0.164 e. The van der Waals surface area contributed by atoms with Crippen molar-refractivity contribution in [1.82, 2.24) is 33.2 Å². The highest BCUT2D eigenvalue weighted by Gasteiger charge is 2.24. The van der Waals surface area contributed by atoms with Gasteiger partial charge in [0.05, 0.1) is 44.1 Å². The van der Waals surface area contributed by atoms with Crippen LogP contribution < -0.4 is 0 Å². The molecule has 0 aliphatic carbocycles. The molecule has 522 valence electrons. The number of para-hydroxylation sites is 6. The molecule has 7 heteroatoms. The number of aromatic nitrogens is 7. The van der Waals surface area contributed by atoms with E-state index in [4.69, 9.17) is 15.0 Å². The van der Waals surface area contributed by atoms with Crippen molar-refractivity contribution in [2.75, 3.05) is 0 Å². The Morgan fingerprint density at radius 1 is 0.134 bits per heavy atom. The van der Waals surface area contributed by atoms with Gasteiger partial charge >= 0.3 is 0 Å². The molecule has 0 aliphatic heterocycles. The molecule has 22 aromatic rings. The number of benzene rings is 17. The smallest absolute Gasteiger partial charge is 0.164 e. The summed E-state index contributed by atoms with van der Waals surface area (Å²) < 4.78 is 9.65. The van der Waals surface area contributed by atoms with Crippen LogP contribution in [0.25, 0.3) is 211 Å². The number of rotatable bonds is 13. The predicted molar refractivity (Wildman–Crippen MR) is 466 cm³/mol. The predicted octanol–water partition coefficient (Wildman–Crippen LogP) is 27.3. The fraction of sp³-hybridized carbons (Fsp3) is 0. The average Bonchev–Trinajstić information content (AvgIpc) is 1.57. The van der Waals surface area contributed by atoms with Crippen molar-refractivity contribution in [1.29, 1.82) is 0 Å². The maximum absolute atomic E-state index is 5.73. The number of fused-ring (bicyclic) bond motifs is 12. The molecule has 0 spiro atoms. The van der Waals surface area contributed by atoms with Crippen LogP contribution in [0.5, 0.6) is 0 Å². The second-order valence-corrected chi connectivity index (χ2v) is 29.1. The zero-order chi connectivity index (χ0) is 73.7. The zero-order valence-corrected chi connectivity index (χ0v) is 60.8. The Hall–Kier alpha value is -15.1. The number of nitrogens with zero attached hydrogens (tertiary/aromatic N) is 7. The number of hydrogen-bond donors (Lipinski definition) is 0. The molecule has 0 saturated carbocycles. The van der Waals surface area contributed by atoms with Crippen LogP contribution in [-0.4, -0.2) is 33.2 Å². The minimum Gasteiger partial charge on any atom is -0.309 e. The van der Waals surface area contributed by atoms with E-state index in [1.165, 1.54) is 43.6 Å². The van der Waals surface area contributed by atoms with Gasteiger partial charge in [0.15, 0.2) is 17.5 Å². The highest BCUT2D eigenvalue weighted by Crippen LogP contribution is 2.45. The molecule has 0 atom stereocenters. The Bertz CT molecular complexity index is 7130. The standard InChI is InChI=1S/C105H67N7/c1-6-27-68(28-7-1)77-58-78(69-29-8-2-9-30-69)60-79(59-77)71-33-26-34-76(57-71)103-106-104(108-105(107-103)90-44-17-16-39-85(90)70-31-10-3-11-32-70)80-61-83(111-97-47-24-20-42-88(97)93-65-74(51-55-101(93)111)72-49-53-99-91(63-72)86-40-18-22-45-95(86)109(99)81-35-12-4-13-36-81)67-84(62-80)112-98-48-25-21-43-89(98)94-66-75(52-56-102(94)112)73-50-54-100-92(64-73)87-41-19-23-46-96(87)110(100)82-37-14-5-15-38-82/h1-67H. The van der Waals surface area contributed by atoms with Crippen molar-refractivity contribution in [3.05, 3.63) is 406 Å². The van der Waals surface area contributed by atoms with Crippen LogP contribution in [0, 0.1) is 0 Å². The van der Waals surface area contributed by atoms with Crippen molar-refractivity contribution < 1.29 is 0 Å². The molecule has 22 rings (SSSR count). The van der Waals surface area contributed by atoms with Crippen molar-refractivity contribution in [2.45, 2.75) is 0 Å². The Kier molecular flexibility index (Phi) is 15.1. The first-order valence-corrected chi connectivity index (χ1v) is 38.2. The first kappa shape index (κ1) is 64.2. The topological polar surface area (TPSA) is 58.4 Å². The summed E-state index contributed by atoms with van der Waals surface area (Å²) in [6.45, 7) is 0. The van der Waals surface area contributed by atoms with Crippen molar-refractivity contribution >= 4 is 87.2 Å². The van der Waals surface area contributed by atoms with E-state index in [1.807, 2.05) is 0 Å². The lowest BCUT2D eigenvalue weighted by Crippen LogP contribution is -2.04. The van der Waals surface area contributed by atoms with E-state index < -0.39 is 0 Å². The maximum atomic E-state index is 5.73. The molecule has 0 saturated heterocycles. The van der Waals surface area contributed by atoms with E-state index in [0.717, 1.165) is 150 Å². The Balaban J connectivity index is 0.760. The largest absolute Gasteiger partial charge is 0.309 e. The number of hydrogen-bond acceptors (Lipinski definition) is 3. The third kappa shape index (κ3) is 10.8. The molecular weight excluding hydrogens is 1360 g/mol. The summed E-state index contributed by atoms with van der Waals surface area (Å²) in [5.74, 6) is 1.65. The molecule has 0 amide bonds. The van der Waals surface area contributed by atoms with Gasteiger partial charge in [-0.15, -0.1) is 0 Å². The van der Waals surface area contributed by atoms with Gasteiger partial charge in [-0.25, -0.2) is 15.0 Å². The Morgan fingerprint density at radius 3 is 0.821 bits per heavy atom. The lowest BCUT2D eigenvalue weighted by molar-refractivity contribution is 1.07. The quantitative estimate of drug-likeness (QED) is 0.116. The van der Waals surface area contributed by atoms with Crippen molar-refractivity contribution in [3.63, 3.8) is 0 Å². The van der Waals surface area contributed by atoms with E-state index in [-0.39, 0.29) is 0 Å². The van der Waals surface area contributed by atoms with E-state index in [9.17, 15) is 0 Å². The third-order valence-corrected chi connectivity index (χ3v) is 22.6. The normalized spacial score (nSPS) is 11.8. The summed E-state index contributed by atoms with van der Waals surface area (Å²) in [6.07, 6.45) is 0. The molecule has 0 unspecified atom stereocenters. The third-order valence-electron chi connectivity index (χ3n) is 22.6. The van der Waals surface area contributed by atoms with E-state index in [2.05, 4.69) is 425 Å². The molecule has 112 heavy (non-hydrogen) atoms. The lowest BCUT2D eigenvalue weighted by Gasteiger charge is -2.17. The van der Waals surface area contributed by atoms with E-state index in [1.54, 1.807) is 0 Å². The minimum absolute atomic E-state index is 0.535. The van der Waals surface area contributed by atoms with Gasteiger partial charge < -0.3 is 18.3 Å². The fourth-order valence-electron chi connectivity index (χ4n) is 17.4. The van der Waals surface area contributed by atoms with Crippen molar-refractivity contribution in [2.24, 2.45) is 0 Å². The Morgan fingerprint density at radius 2 is 0.411 bits per heavy atom. The highest BCUT2D eigenvalue weighted by molar-refractivity contribution is 6.15. The van der Waals surface area contributed by atoms with Crippen LogP contribution in [0.4, 0.5) is 0 Å². The van der Waals surface area contributed by atoms with Crippen LogP contribution in [0.2, 0.25) is 0 Å². The molecule has 7 nitrogen and oxygen atoms in total. The monoisotopic (exact) mass is 1430 g/mol. The highest BCUT2D eigenvalue weighted by atomic mass is 15.1. The summed E-state index contributed by atoms with van der Waals surface area (Å²) in [5.41, 5.74) is 29.1. The molecule has 17 aromatic carbocycles. The first-order chi connectivity index (χ1) is 55.5. The summed E-state index contributed by atoms with van der Waals surface area (Å²) in [5, 5.41) is 9.44. The first-order valence-electron chi connectivity index (χ1n) is 38.2. The van der Waals surface area contributed by atoms with Crippen LogP contribution in [0.15, 0.2) is 406 Å². The zero-order valence-electron chi connectivity index (χ0n) is 60.8. The average molecular weight is 1430 g/mol. The van der Waals surface area contributed by atoms with Gasteiger partial charge in [-0.05, 0) is 206 Å². The van der Waals surface area contributed by atoms with Crippen LogP contribution >= 0.6 is 0 Å². The van der Waals surface area contributed by atoms with Gasteiger partial charge in [-0.2, -0.15) is 0 Å². The van der Waals surface area contributed by atoms with Crippen LogP contribution in [0.3, 0.4) is 0 Å². The molecule has 0 N–H and O–H groups in total. The van der Waals surface area contributed by atoms with Gasteiger partial charge in [-0.1, -0.05) is 267 Å². The Labute approximate surface area is 646 Å². The summed E-state index contributed by atoms with van der Waals surface area (Å²) >= 11 is 0. The van der Waals surface area contributed by atoms with Gasteiger partial charge in [0.1, 0.15) is 0 Å². The fourth-order valence-corrected chi connectivity index (χ4v) is 17.4. The minimum atomic E-state index is 0.535. The second-order valence-electron chi connectivity index (χ2n) is 29.1. The van der Waals surface area contributed by atoms with Gasteiger partial charge in [0.2, 0.25) is 0 Å². The lowest BCUT2D eigenvalue weighted by atomic mass is 9.93. The molecule has 5 heterocycles. The SMILES string of the molecule is c1ccc(-c2cc(-c3ccccc3)cc(-c3cccc(-c4nc(-c5cc(-n6c7ccccc7c7cc(-c8ccc9c(c8)c8ccccc8n9-c8ccccc8)ccc76)cc(-n6c7ccccc7c7cc(-c8ccc9c(c8)c8ccccc8n9-c8ccccc8)ccc76)c5)nc(-c5ccccc5-c5ccccc5)n4)c3)c2)cc1. The molecule has 5 aromatic heterocycles.